The van der Waals surface area contributed by atoms with Gasteiger partial charge in [-0.1, -0.05) is 20.3 Å². The average molecular weight is 286 g/mol. The molecule has 1 saturated heterocycles. The topological polar surface area (TPSA) is 15.3 Å². The van der Waals surface area contributed by atoms with Gasteiger partial charge in [-0.25, -0.2) is 13.2 Å². The summed E-state index contributed by atoms with van der Waals surface area (Å²) in [6.45, 7) is 6.23. The first kappa shape index (κ1) is 15.2. The van der Waals surface area contributed by atoms with Crippen LogP contribution in [0.5, 0.6) is 0 Å². The summed E-state index contributed by atoms with van der Waals surface area (Å²) < 4.78 is 40.6. The second-order valence-corrected chi connectivity index (χ2v) is 5.47. The molecule has 20 heavy (non-hydrogen) atoms. The normalized spacial score (nSPS) is 21.6. The molecule has 5 heteroatoms. The fraction of sp³-hybridized carbons (Fsp3) is 0.600. The molecule has 0 amide bonds. The van der Waals surface area contributed by atoms with E-state index in [9.17, 15) is 13.2 Å². The van der Waals surface area contributed by atoms with Gasteiger partial charge in [0.1, 0.15) is 5.82 Å². The van der Waals surface area contributed by atoms with Crippen molar-refractivity contribution in [3.8, 4) is 0 Å². The second-order valence-electron chi connectivity index (χ2n) is 5.47. The van der Waals surface area contributed by atoms with Crippen LogP contribution in [-0.4, -0.2) is 25.7 Å². The quantitative estimate of drug-likeness (QED) is 0.858. The Balaban J connectivity index is 2.26. The molecule has 2 unspecified atom stereocenters. The molecule has 1 aliphatic rings. The van der Waals surface area contributed by atoms with E-state index in [1.54, 1.807) is 4.90 Å². The predicted molar refractivity (Wildman–Crippen MR) is 74.4 cm³/mol. The number of benzene rings is 1. The van der Waals surface area contributed by atoms with E-state index in [0.717, 1.165) is 25.5 Å². The van der Waals surface area contributed by atoms with Crippen LogP contribution in [0.2, 0.25) is 0 Å². The van der Waals surface area contributed by atoms with Gasteiger partial charge < -0.3 is 10.2 Å². The van der Waals surface area contributed by atoms with E-state index in [2.05, 4.69) is 19.2 Å². The molecule has 0 bridgehead atoms. The van der Waals surface area contributed by atoms with Crippen molar-refractivity contribution in [1.82, 2.24) is 5.32 Å². The Bertz CT molecular complexity index is 465. The summed E-state index contributed by atoms with van der Waals surface area (Å²) in [5.41, 5.74) is 0.0273. The van der Waals surface area contributed by atoms with Crippen LogP contribution in [0.1, 0.15) is 26.7 Å². The lowest BCUT2D eigenvalue weighted by Gasteiger charge is -2.29. The van der Waals surface area contributed by atoms with Gasteiger partial charge in [0, 0.05) is 31.3 Å². The van der Waals surface area contributed by atoms with Crippen molar-refractivity contribution in [2.75, 3.05) is 24.5 Å². The van der Waals surface area contributed by atoms with E-state index in [1.807, 2.05) is 0 Å². The molecule has 1 aromatic rings. The van der Waals surface area contributed by atoms with Crippen molar-refractivity contribution in [2.24, 2.45) is 5.92 Å². The van der Waals surface area contributed by atoms with Crippen LogP contribution in [0, 0.1) is 23.4 Å². The van der Waals surface area contributed by atoms with Crippen LogP contribution in [0.25, 0.3) is 0 Å². The summed E-state index contributed by atoms with van der Waals surface area (Å²) in [6.07, 6.45) is 1.83. The first-order valence-electron chi connectivity index (χ1n) is 7.15. The van der Waals surface area contributed by atoms with Gasteiger partial charge in [-0.15, -0.1) is 0 Å². The van der Waals surface area contributed by atoms with Crippen LogP contribution >= 0.6 is 0 Å². The van der Waals surface area contributed by atoms with Crippen molar-refractivity contribution in [1.29, 1.82) is 0 Å². The zero-order valence-electron chi connectivity index (χ0n) is 11.9. The largest absolute Gasteiger partial charge is 0.367 e. The molecular weight excluding hydrogens is 265 g/mol. The molecule has 1 fully saturated rings. The Morgan fingerprint density at radius 1 is 1.35 bits per heavy atom. The standard InChI is InChI=1S/C15H21F3N2/c1-3-10(2)13-9-20(6-4-5-19-13)14-8-11(16)7-12(17)15(14)18/h7-8,10,13,19H,3-6,9H2,1-2H3. The van der Waals surface area contributed by atoms with Gasteiger partial charge in [0.05, 0.1) is 5.69 Å². The maximum atomic E-state index is 13.9. The van der Waals surface area contributed by atoms with Crippen molar-refractivity contribution in [3.63, 3.8) is 0 Å². The zero-order valence-corrected chi connectivity index (χ0v) is 11.9. The van der Waals surface area contributed by atoms with Crippen molar-refractivity contribution < 1.29 is 13.2 Å². The maximum Gasteiger partial charge on any atom is 0.182 e. The van der Waals surface area contributed by atoms with Crippen molar-refractivity contribution in [2.45, 2.75) is 32.7 Å². The summed E-state index contributed by atoms with van der Waals surface area (Å²) >= 11 is 0. The van der Waals surface area contributed by atoms with Gasteiger partial charge in [0.15, 0.2) is 11.6 Å². The molecule has 2 rings (SSSR count). The SMILES string of the molecule is CCC(C)C1CN(c2cc(F)cc(F)c2F)CCCN1. The van der Waals surface area contributed by atoms with Gasteiger partial charge >= 0.3 is 0 Å². The molecule has 1 aromatic carbocycles. The minimum Gasteiger partial charge on any atom is -0.367 e. The van der Waals surface area contributed by atoms with Crippen LogP contribution in [0.3, 0.4) is 0 Å². The molecule has 0 spiro atoms. The van der Waals surface area contributed by atoms with Crippen LogP contribution in [0.15, 0.2) is 12.1 Å². The van der Waals surface area contributed by atoms with E-state index in [0.29, 0.717) is 25.1 Å². The lowest BCUT2D eigenvalue weighted by atomic mass is 9.99. The number of halogens is 3. The summed E-state index contributed by atoms with van der Waals surface area (Å²) in [4.78, 5) is 1.75. The minimum absolute atomic E-state index is 0.0273. The predicted octanol–water partition coefficient (Wildman–Crippen LogP) is 3.32. The number of nitrogens with zero attached hydrogens (tertiary/aromatic N) is 1. The summed E-state index contributed by atoms with van der Waals surface area (Å²) in [5, 5.41) is 3.43. The molecule has 2 atom stereocenters. The molecule has 0 saturated carbocycles. The van der Waals surface area contributed by atoms with Gasteiger partial charge in [0.2, 0.25) is 0 Å². The Labute approximate surface area is 118 Å². The molecule has 0 radical (unpaired) electrons. The fourth-order valence-corrected chi connectivity index (χ4v) is 2.61. The smallest absolute Gasteiger partial charge is 0.182 e. The van der Waals surface area contributed by atoms with E-state index in [-0.39, 0.29) is 11.7 Å². The number of hydrogen-bond acceptors (Lipinski definition) is 2. The van der Waals surface area contributed by atoms with Crippen LogP contribution in [-0.2, 0) is 0 Å². The Morgan fingerprint density at radius 3 is 2.80 bits per heavy atom. The monoisotopic (exact) mass is 286 g/mol. The highest BCUT2D eigenvalue weighted by Crippen LogP contribution is 2.25. The van der Waals surface area contributed by atoms with Crippen LogP contribution in [0.4, 0.5) is 18.9 Å². The third-order valence-corrected chi connectivity index (χ3v) is 4.07. The zero-order chi connectivity index (χ0) is 14.7. The highest BCUT2D eigenvalue weighted by atomic mass is 19.2. The molecule has 1 aliphatic heterocycles. The number of nitrogens with one attached hydrogen (secondary N) is 1. The Kier molecular flexibility index (Phi) is 4.91. The van der Waals surface area contributed by atoms with Crippen LogP contribution < -0.4 is 10.2 Å². The van der Waals surface area contributed by atoms with Gasteiger partial charge in [-0.3, -0.25) is 0 Å². The van der Waals surface area contributed by atoms with E-state index in [1.165, 1.54) is 0 Å². The highest BCUT2D eigenvalue weighted by molar-refractivity contribution is 5.49. The van der Waals surface area contributed by atoms with Gasteiger partial charge in [-0.2, -0.15) is 0 Å². The molecule has 0 aliphatic carbocycles. The molecule has 112 valence electrons. The first-order chi connectivity index (χ1) is 9.52. The number of anilines is 1. The summed E-state index contributed by atoms with van der Waals surface area (Å²) in [7, 11) is 0. The van der Waals surface area contributed by atoms with Crippen molar-refractivity contribution >= 4 is 5.69 Å². The Morgan fingerprint density at radius 2 is 2.10 bits per heavy atom. The number of hydrogen-bond donors (Lipinski definition) is 1. The summed E-state index contributed by atoms with van der Waals surface area (Å²) in [5.74, 6) is -2.40. The lowest BCUT2D eigenvalue weighted by molar-refractivity contribution is 0.382. The van der Waals surface area contributed by atoms with Gasteiger partial charge in [-0.05, 0) is 18.9 Å². The summed E-state index contributed by atoms with van der Waals surface area (Å²) in [6, 6.07) is 1.87. The van der Waals surface area contributed by atoms with Crippen molar-refractivity contribution in [3.05, 3.63) is 29.6 Å². The average Bonchev–Trinajstić information content (AvgIpc) is 2.67. The fourth-order valence-electron chi connectivity index (χ4n) is 2.61. The molecular formula is C15H21F3N2. The lowest BCUT2D eigenvalue weighted by Crippen LogP contribution is -2.42. The van der Waals surface area contributed by atoms with E-state index < -0.39 is 17.5 Å². The van der Waals surface area contributed by atoms with Gasteiger partial charge in [0.25, 0.3) is 0 Å². The first-order valence-corrected chi connectivity index (χ1v) is 7.15. The second kappa shape index (κ2) is 6.48. The highest BCUT2D eigenvalue weighted by Gasteiger charge is 2.25. The molecule has 1 heterocycles. The third-order valence-electron chi connectivity index (χ3n) is 4.07. The third kappa shape index (κ3) is 3.26. The molecule has 0 aromatic heterocycles. The van der Waals surface area contributed by atoms with E-state index >= 15 is 0 Å². The molecule has 2 nitrogen and oxygen atoms in total. The molecule has 1 N–H and O–H groups in total. The minimum atomic E-state index is -1.13. The van der Waals surface area contributed by atoms with E-state index in [4.69, 9.17) is 0 Å². The Hall–Kier alpha value is -1.23. The maximum absolute atomic E-state index is 13.9. The number of rotatable bonds is 3.